The van der Waals surface area contributed by atoms with Gasteiger partial charge in [-0.3, -0.25) is 4.79 Å². The molecule has 0 saturated carbocycles. The number of anilines is 1. The first-order chi connectivity index (χ1) is 11.0. The number of benzene rings is 2. The minimum atomic E-state index is -3.25. The van der Waals surface area contributed by atoms with E-state index in [1.165, 1.54) is 10.3 Å². The Morgan fingerprint density at radius 1 is 1.04 bits per heavy atom. The van der Waals surface area contributed by atoms with Crippen LogP contribution in [0.25, 0.3) is 0 Å². The number of sulfone groups is 1. The highest BCUT2D eigenvalue weighted by Crippen LogP contribution is 2.25. The Hall–Kier alpha value is -1.92. The first kappa shape index (κ1) is 16.0. The average molecular weight is 392 g/mol. The summed E-state index contributed by atoms with van der Waals surface area (Å²) in [6, 6.07) is 15.6. The van der Waals surface area contributed by atoms with Crippen molar-refractivity contribution in [3.05, 3.63) is 76.1 Å². The van der Waals surface area contributed by atoms with E-state index < -0.39 is 15.9 Å². The molecule has 0 spiro atoms. The molecule has 0 unspecified atom stereocenters. The minimum Gasteiger partial charge on any atom is -0.300 e. The molecule has 0 N–H and O–H groups in total. The van der Waals surface area contributed by atoms with Crippen LogP contribution in [0.2, 0.25) is 0 Å². The highest BCUT2D eigenvalue weighted by Gasteiger charge is 2.31. The van der Waals surface area contributed by atoms with Crippen LogP contribution >= 0.6 is 15.9 Å². The molecule has 1 amide bonds. The Kier molecular flexibility index (Phi) is 4.37. The number of hydrogen-bond donors (Lipinski definition) is 0. The third-order valence-electron chi connectivity index (χ3n) is 3.59. The summed E-state index contributed by atoms with van der Waals surface area (Å²) in [5.74, 6) is -0.320. The number of halogens is 1. The molecule has 4 nitrogen and oxygen atoms in total. The van der Waals surface area contributed by atoms with E-state index >= 15 is 0 Å². The molecule has 1 heterocycles. The number of rotatable bonds is 3. The molecule has 0 radical (unpaired) electrons. The number of carbonyl (C=O) groups is 1. The van der Waals surface area contributed by atoms with Gasteiger partial charge in [-0.1, -0.05) is 34.1 Å². The van der Waals surface area contributed by atoms with Crippen LogP contribution in [-0.4, -0.2) is 26.1 Å². The molecule has 0 fully saturated rings. The van der Waals surface area contributed by atoms with Gasteiger partial charge in [-0.2, -0.15) is 0 Å². The first-order valence-corrected chi connectivity index (χ1v) is 9.52. The first-order valence-electron chi connectivity index (χ1n) is 7.01. The molecule has 0 aromatic heterocycles. The van der Waals surface area contributed by atoms with Crippen molar-refractivity contribution < 1.29 is 13.2 Å². The van der Waals surface area contributed by atoms with Gasteiger partial charge in [0, 0.05) is 21.1 Å². The SMILES string of the molecule is O=C(c1ccc(Br)cc1)N(c1ccccc1)[C@@H]1C=CS(=O)(=O)C1. The normalized spacial score (nSPS) is 18.7. The van der Waals surface area contributed by atoms with Gasteiger partial charge in [-0.15, -0.1) is 0 Å². The quantitative estimate of drug-likeness (QED) is 0.805. The van der Waals surface area contributed by atoms with Crippen molar-refractivity contribution in [2.24, 2.45) is 0 Å². The van der Waals surface area contributed by atoms with Gasteiger partial charge in [-0.05, 0) is 42.5 Å². The Labute approximate surface area is 143 Å². The largest absolute Gasteiger partial charge is 0.300 e. The number of carbonyl (C=O) groups excluding carboxylic acids is 1. The van der Waals surface area contributed by atoms with Crippen LogP contribution in [0.5, 0.6) is 0 Å². The Balaban J connectivity index is 2.00. The molecule has 23 heavy (non-hydrogen) atoms. The number of hydrogen-bond acceptors (Lipinski definition) is 3. The minimum absolute atomic E-state index is 0.0931. The summed E-state index contributed by atoms with van der Waals surface area (Å²) in [5, 5.41) is 1.18. The molecular weight excluding hydrogens is 378 g/mol. The number of nitrogens with zero attached hydrogens (tertiary/aromatic N) is 1. The zero-order valence-electron chi connectivity index (χ0n) is 12.1. The van der Waals surface area contributed by atoms with Crippen LogP contribution in [0.15, 0.2) is 70.6 Å². The van der Waals surface area contributed by atoms with Gasteiger partial charge < -0.3 is 4.90 Å². The standard InChI is InChI=1S/C17H14BrNO3S/c18-14-8-6-13(7-9-14)17(20)19(15-4-2-1-3-5-15)16-10-11-23(21,22)12-16/h1-11,16H,12H2/t16-/m1/s1. The predicted octanol–water partition coefficient (Wildman–Crippen LogP) is 3.41. The lowest BCUT2D eigenvalue weighted by Crippen LogP contribution is -2.41. The van der Waals surface area contributed by atoms with Gasteiger partial charge in [0.25, 0.3) is 5.91 Å². The van der Waals surface area contributed by atoms with Crippen molar-refractivity contribution in [2.45, 2.75) is 6.04 Å². The molecule has 1 aliphatic heterocycles. The van der Waals surface area contributed by atoms with Crippen molar-refractivity contribution in [1.82, 2.24) is 0 Å². The lowest BCUT2D eigenvalue weighted by Gasteiger charge is -2.27. The van der Waals surface area contributed by atoms with E-state index in [0.29, 0.717) is 11.3 Å². The molecule has 0 aliphatic carbocycles. The summed E-state index contributed by atoms with van der Waals surface area (Å²) in [4.78, 5) is 14.5. The second-order valence-electron chi connectivity index (χ2n) is 5.24. The smallest absolute Gasteiger partial charge is 0.258 e. The summed E-state index contributed by atoms with van der Waals surface area (Å²) < 4.78 is 24.4. The van der Waals surface area contributed by atoms with Crippen molar-refractivity contribution in [3.8, 4) is 0 Å². The van der Waals surface area contributed by atoms with E-state index in [-0.39, 0.29) is 11.7 Å². The van der Waals surface area contributed by atoms with Crippen LogP contribution in [0.1, 0.15) is 10.4 Å². The van der Waals surface area contributed by atoms with Crippen LogP contribution in [0.3, 0.4) is 0 Å². The highest BCUT2D eigenvalue weighted by molar-refractivity contribution is 9.10. The summed E-state index contributed by atoms with van der Waals surface area (Å²) in [6.07, 6.45) is 1.57. The van der Waals surface area contributed by atoms with Crippen molar-refractivity contribution >= 4 is 37.4 Å². The Morgan fingerprint density at radius 2 is 1.70 bits per heavy atom. The molecule has 2 aromatic rings. The molecule has 3 rings (SSSR count). The van der Waals surface area contributed by atoms with Crippen molar-refractivity contribution in [3.63, 3.8) is 0 Å². The summed E-state index contributed by atoms with van der Waals surface area (Å²) in [5.41, 5.74) is 1.18. The molecule has 0 bridgehead atoms. The maximum Gasteiger partial charge on any atom is 0.258 e. The van der Waals surface area contributed by atoms with Gasteiger partial charge in [0.1, 0.15) is 0 Å². The fourth-order valence-corrected chi connectivity index (χ4v) is 4.03. The third-order valence-corrected chi connectivity index (χ3v) is 5.49. The maximum absolute atomic E-state index is 12.9. The molecule has 118 valence electrons. The van der Waals surface area contributed by atoms with Crippen LogP contribution < -0.4 is 4.90 Å². The van der Waals surface area contributed by atoms with Crippen molar-refractivity contribution in [1.29, 1.82) is 0 Å². The van der Waals surface area contributed by atoms with Crippen molar-refractivity contribution in [2.75, 3.05) is 10.7 Å². The van der Waals surface area contributed by atoms with E-state index in [1.54, 1.807) is 42.5 Å². The summed E-state index contributed by atoms with van der Waals surface area (Å²) >= 11 is 3.34. The molecular formula is C17H14BrNO3S. The highest BCUT2D eigenvalue weighted by atomic mass is 79.9. The fourth-order valence-electron chi connectivity index (χ4n) is 2.50. The average Bonchev–Trinajstić information content (AvgIpc) is 2.89. The van der Waals surface area contributed by atoms with E-state index in [1.807, 2.05) is 18.2 Å². The molecule has 6 heteroatoms. The summed E-state index contributed by atoms with van der Waals surface area (Å²) in [6.45, 7) is 0. The van der Waals surface area contributed by atoms with Crippen LogP contribution in [0.4, 0.5) is 5.69 Å². The monoisotopic (exact) mass is 391 g/mol. The van der Waals surface area contributed by atoms with E-state index in [4.69, 9.17) is 0 Å². The zero-order chi connectivity index (χ0) is 16.4. The second kappa shape index (κ2) is 6.29. The molecule has 1 atom stereocenters. The van der Waals surface area contributed by atoms with E-state index in [2.05, 4.69) is 15.9 Å². The van der Waals surface area contributed by atoms with Gasteiger partial charge in [-0.25, -0.2) is 8.42 Å². The van der Waals surface area contributed by atoms with Crippen LogP contribution in [0, 0.1) is 0 Å². The summed E-state index contributed by atoms with van der Waals surface area (Å²) in [7, 11) is -3.25. The Bertz CT molecular complexity index is 845. The van der Waals surface area contributed by atoms with Gasteiger partial charge in [0.2, 0.25) is 0 Å². The van der Waals surface area contributed by atoms with Crippen LogP contribution in [-0.2, 0) is 9.84 Å². The van der Waals surface area contributed by atoms with Gasteiger partial charge >= 0.3 is 0 Å². The molecule has 2 aromatic carbocycles. The topological polar surface area (TPSA) is 54.5 Å². The number of amides is 1. The lowest BCUT2D eigenvalue weighted by atomic mass is 10.1. The van der Waals surface area contributed by atoms with Gasteiger partial charge in [0.05, 0.1) is 11.8 Å². The fraction of sp³-hybridized carbons (Fsp3) is 0.118. The number of para-hydroxylation sites is 1. The van der Waals surface area contributed by atoms with Gasteiger partial charge in [0.15, 0.2) is 9.84 Å². The zero-order valence-corrected chi connectivity index (χ0v) is 14.5. The van der Waals surface area contributed by atoms with E-state index in [0.717, 1.165) is 4.47 Å². The maximum atomic E-state index is 12.9. The predicted molar refractivity (Wildman–Crippen MR) is 94.1 cm³/mol. The Morgan fingerprint density at radius 3 is 2.26 bits per heavy atom. The third kappa shape index (κ3) is 3.54. The second-order valence-corrected chi connectivity index (χ2v) is 8.09. The lowest BCUT2D eigenvalue weighted by molar-refractivity contribution is 0.0983. The molecule has 1 aliphatic rings. The van der Waals surface area contributed by atoms with E-state index in [9.17, 15) is 13.2 Å². The molecule has 0 saturated heterocycles.